The number of rotatable bonds is 7. The Morgan fingerprint density at radius 1 is 1.12 bits per heavy atom. The lowest BCUT2D eigenvalue weighted by molar-refractivity contribution is -0.134. The van der Waals surface area contributed by atoms with Crippen LogP contribution in [-0.4, -0.2) is 36.3 Å². The van der Waals surface area contributed by atoms with Crippen LogP contribution in [-0.2, 0) is 27.4 Å². The summed E-state index contributed by atoms with van der Waals surface area (Å²) in [5, 5.41) is 2.67. The molecule has 7 heteroatoms. The maximum absolute atomic E-state index is 12.1. The Labute approximate surface area is 151 Å². The molecule has 26 heavy (non-hydrogen) atoms. The van der Waals surface area contributed by atoms with E-state index >= 15 is 0 Å². The van der Waals surface area contributed by atoms with Crippen molar-refractivity contribution in [3.8, 4) is 0 Å². The second-order valence-corrected chi connectivity index (χ2v) is 5.94. The van der Waals surface area contributed by atoms with E-state index in [1.54, 1.807) is 37.4 Å². The summed E-state index contributed by atoms with van der Waals surface area (Å²) in [6.45, 7) is 3.62. The predicted molar refractivity (Wildman–Crippen MR) is 94.2 cm³/mol. The molecule has 2 aromatic rings. The van der Waals surface area contributed by atoms with Crippen LogP contribution in [0.2, 0.25) is 0 Å². The average Bonchev–Trinajstić information content (AvgIpc) is 3.02. The third-order valence-electron chi connectivity index (χ3n) is 3.67. The van der Waals surface area contributed by atoms with Crippen molar-refractivity contribution in [3.05, 3.63) is 59.0 Å². The van der Waals surface area contributed by atoms with E-state index in [1.165, 1.54) is 11.8 Å². The molecule has 138 valence electrons. The Morgan fingerprint density at radius 3 is 2.38 bits per heavy atom. The molecule has 0 aliphatic heterocycles. The number of benzene rings is 1. The fraction of sp³-hybridized carbons (Fsp3) is 0.316. The van der Waals surface area contributed by atoms with Gasteiger partial charge in [-0.2, -0.15) is 0 Å². The number of ether oxygens (including phenoxy) is 1. The minimum atomic E-state index is -0.577. The van der Waals surface area contributed by atoms with Gasteiger partial charge in [0.15, 0.2) is 6.61 Å². The summed E-state index contributed by atoms with van der Waals surface area (Å²) in [5.41, 5.74) is 1.20. The van der Waals surface area contributed by atoms with Gasteiger partial charge < -0.3 is 19.4 Å². The Morgan fingerprint density at radius 2 is 1.81 bits per heavy atom. The maximum atomic E-state index is 12.1. The lowest BCUT2D eigenvalue weighted by Crippen LogP contribution is -2.30. The third kappa shape index (κ3) is 5.77. The minimum absolute atomic E-state index is 0.124. The van der Waals surface area contributed by atoms with Crippen molar-refractivity contribution in [2.75, 3.05) is 13.7 Å². The molecule has 0 aliphatic rings. The SMILES string of the molecule is CC(=O)NCc1ccc(C(=O)OCC(=O)N(C)Cc2ccc(C)o2)cc1. The molecule has 0 bridgehead atoms. The quantitative estimate of drug-likeness (QED) is 0.765. The van der Waals surface area contributed by atoms with Crippen molar-refractivity contribution < 1.29 is 23.5 Å². The van der Waals surface area contributed by atoms with Crippen LogP contribution in [0, 0.1) is 6.92 Å². The standard InChI is InChI=1S/C19H22N2O5/c1-13-4-9-17(26-13)11-21(3)18(23)12-25-19(24)16-7-5-15(6-8-16)10-20-14(2)22/h4-9H,10-12H2,1-3H3,(H,20,22). The van der Waals surface area contributed by atoms with Crippen LogP contribution in [0.15, 0.2) is 40.8 Å². The van der Waals surface area contributed by atoms with Crippen molar-refractivity contribution >= 4 is 17.8 Å². The van der Waals surface area contributed by atoms with E-state index in [2.05, 4.69) is 5.32 Å². The molecular formula is C19H22N2O5. The van der Waals surface area contributed by atoms with E-state index in [1.807, 2.05) is 13.0 Å². The lowest BCUT2D eigenvalue weighted by atomic mass is 10.1. The summed E-state index contributed by atoms with van der Waals surface area (Å²) in [6, 6.07) is 10.3. The predicted octanol–water partition coefficient (Wildman–Crippen LogP) is 2.04. The summed E-state index contributed by atoms with van der Waals surface area (Å²) >= 11 is 0. The zero-order valence-corrected chi connectivity index (χ0v) is 15.1. The summed E-state index contributed by atoms with van der Waals surface area (Å²) < 4.78 is 10.5. The molecule has 2 amide bonds. The first-order valence-corrected chi connectivity index (χ1v) is 8.15. The fourth-order valence-corrected chi connectivity index (χ4v) is 2.20. The Bertz CT molecular complexity index is 779. The first-order valence-electron chi connectivity index (χ1n) is 8.15. The largest absolute Gasteiger partial charge is 0.464 e. The van der Waals surface area contributed by atoms with Gasteiger partial charge in [0.05, 0.1) is 12.1 Å². The average molecular weight is 358 g/mol. The van der Waals surface area contributed by atoms with E-state index in [4.69, 9.17) is 9.15 Å². The molecule has 0 saturated carbocycles. The Balaban J connectivity index is 1.81. The second kappa shape index (κ2) is 8.84. The molecule has 0 aliphatic carbocycles. The normalized spacial score (nSPS) is 10.3. The van der Waals surface area contributed by atoms with Crippen molar-refractivity contribution in [2.24, 2.45) is 0 Å². The molecule has 0 saturated heterocycles. The number of carbonyl (C=O) groups excluding carboxylic acids is 3. The van der Waals surface area contributed by atoms with Crippen molar-refractivity contribution in [3.63, 3.8) is 0 Å². The summed E-state index contributed by atoms with van der Waals surface area (Å²) in [5.74, 6) is 0.413. The van der Waals surface area contributed by atoms with E-state index in [9.17, 15) is 14.4 Å². The van der Waals surface area contributed by atoms with Crippen LogP contribution in [0.5, 0.6) is 0 Å². The maximum Gasteiger partial charge on any atom is 0.338 e. The number of carbonyl (C=O) groups is 3. The van der Waals surface area contributed by atoms with E-state index in [0.29, 0.717) is 24.4 Å². The van der Waals surface area contributed by atoms with E-state index in [-0.39, 0.29) is 18.4 Å². The Kier molecular flexibility index (Phi) is 6.54. The van der Waals surface area contributed by atoms with Gasteiger partial charge in [-0.3, -0.25) is 9.59 Å². The highest BCUT2D eigenvalue weighted by atomic mass is 16.5. The van der Waals surface area contributed by atoms with Gasteiger partial charge in [-0.25, -0.2) is 4.79 Å². The molecule has 0 fully saturated rings. The number of furan rings is 1. The first kappa shape index (κ1) is 19.2. The zero-order valence-electron chi connectivity index (χ0n) is 15.1. The van der Waals surface area contributed by atoms with E-state index in [0.717, 1.165) is 11.3 Å². The van der Waals surface area contributed by atoms with Crippen LogP contribution in [0.25, 0.3) is 0 Å². The van der Waals surface area contributed by atoms with Crippen molar-refractivity contribution in [1.29, 1.82) is 0 Å². The third-order valence-corrected chi connectivity index (χ3v) is 3.67. The van der Waals surface area contributed by atoms with Gasteiger partial charge in [0.2, 0.25) is 5.91 Å². The molecule has 2 rings (SSSR count). The van der Waals surface area contributed by atoms with Crippen molar-refractivity contribution in [2.45, 2.75) is 26.9 Å². The number of nitrogens with zero attached hydrogens (tertiary/aromatic N) is 1. The van der Waals surface area contributed by atoms with Gasteiger partial charge in [0.1, 0.15) is 11.5 Å². The molecule has 1 aromatic heterocycles. The summed E-state index contributed by atoms with van der Waals surface area (Å²) in [6.07, 6.45) is 0. The van der Waals surface area contributed by atoms with Gasteiger partial charge in [-0.1, -0.05) is 12.1 Å². The smallest absolute Gasteiger partial charge is 0.338 e. The van der Waals surface area contributed by atoms with Crippen LogP contribution in [0.4, 0.5) is 0 Å². The number of likely N-dealkylation sites (N-methyl/N-ethyl adjacent to an activating group) is 1. The summed E-state index contributed by atoms with van der Waals surface area (Å²) in [7, 11) is 1.62. The van der Waals surface area contributed by atoms with Crippen LogP contribution in [0.3, 0.4) is 0 Å². The highest BCUT2D eigenvalue weighted by Crippen LogP contribution is 2.09. The number of nitrogens with one attached hydrogen (secondary N) is 1. The Hall–Kier alpha value is -3.09. The lowest BCUT2D eigenvalue weighted by Gasteiger charge is -2.15. The molecular weight excluding hydrogens is 336 g/mol. The van der Waals surface area contributed by atoms with Crippen molar-refractivity contribution in [1.82, 2.24) is 10.2 Å². The molecule has 1 N–H and O–H groups in total. The van der Waals surface area contributed by atoms with Crippen LogP contribution in [0.1, 0.15) is 34.4 Å². The number of amides is 2. The fourth-order valence-electron chi connectivity index (χ4n) is 2.20. The number of aryl methyl sites for hydroxylation is 1. The number of hydrogen-bond acceptors (Lipinski definition) is 5. The second-order valence-electron chi connectivity index (χ2n) is 5.94. The monoisotopic (exact) mass is 358 g/mol. The first-order chi connectivity index (χ1) is 12.3. The molecule has 1 heterocycles. The summed E-state index contributed by atoms with van der Waals surface area (Å²) in [4.78, 5) is 36.4. The van der Waals surface area contributed by atoms with Crippen LogP contribution < -0.4 is 5.32 Å². The number of hydrogen-bond donors (Lipinski definition) is 1. The minimum Gasteiger partial charge on any atom is -0.464 e. The van der Waals surface area contributed by atoms with Gasteiger partial charge in [-0.05, 0) is 36.8 Å². The van der Waals surface area contributed by atoms with Gasteiger partial charge in [0, 0.05) is 20.5 Å². The molecule has 0 spiro atoms. The van der Waals surface area contributed by atoms with Gasteiger partial charge >= 0.3 is 5.97 Å². The molecule has 1 aromatic carbocycles. The van der Waals surface area contributed by atoms with Gasteiger partial charge in [0.25, 0.3) is 5.91 Å². The molecule has 0 unspecified atom stereocenters. The zero-order chi connectivity index (χ0) is 19.1. The molecule has 0 radical (unpaired) electrons. The number of esters is 1. The highest BCUT2D eigenvalue weighted by molar-refractivity contribution is 5.91. The topological polar surface area (TPSA) is 88.8 Å². The highest BCUT2D eigenvalue weighted by Gasteiger charge is 2.15. The van der Waals surface area contributed by atoms with E-state index < -0.39 is 5.97 Å². The van der Waals surface area contributed by atoms with Crippen LogP contribution >= 0.6 is 0 Å². The molecule has 7 nitrogen and oxygen atoms in total. The molecule has 0 atom stereocenters. The van der Waals surface area contributed by atoms with Gasteiger partial charge in [-0.15, -0.1) is 0 Å².